The zero-order valence-corrected chi connectivity index (χ0v) is 15.0. The molecule has 0 bridgehead atoms. The Bertz CT molecular complexity index is 805. The van der Waals surface area contributed by atoms with Crippen molar-refractivity contribution in [3.05, 3.63) is 41.1 Å². The topological polar surface area (TPSA) is 45.7 Å². The van der Waals surface area contributed by atoms with Crippen molar-refractivity contribution in [2.45, 2.75) is 32.9 Å². The molecule has 1 fully saturated rings. The molecule has 5 nitrogen and oxygen atoms in total. The Kier molecular flexibility index (Phi) is 4.44. The summed E-state index contributed by atoms with van der Waals surface area (Å²) in [6.07, 6.45) is 1.00. The Morgan fingerprint density at radius 2 is 2.16 bits per heavy atom. The van der Waals surface area contributed by atoms with Crippen LogP contribution >= 0.6 is 0 Å². The molecule has 1 atom stereocenters. The van der Waals surface area contributed by atoms with E-state index in [1.165, 1.54) is 0 Å². The summed E-state index contributed by atoms with van der Waals surface area (Å²) in [5.41, 5.74) is 3.99. The van der Waals surface area contributed by atoms with E-state index in [1.807, 2.05) is 36.1 Å². The number of para-hydroxylation sites is 1. The van der Waals surface area contributed by atoms with Gasteiger partial charge in [0, 0.05) is 49.2 Å². The van der Waals surface area contributed by atoms with Crippen LogP contribution in [0.2, 0.25) is 0 Å². The Morgan fingerprint density at radius 1 is 1.32 bits per heavy atom. The van der Waals surface area contributed by atoms with Gasteiger partial charge in [0.05, 0.1) is 23.8 Å². The molecule has 132 valence electrons. The molecule has 0 saturated carbocycles. The van der Waals surface area contributed by atoms with Crippen LogP contribution in [-0.4, -0.2) is 59.6 Å². The second-order valence-corrected chi connectivity index (χ2v) is 6.98. The molecule has 0 radical (unpaired) electrons. The van der Waals surface area contributed by atoms with Gasteiger partial charge in [-0.2, -0.15) is 0 Å². The summed E-state index contributed by atoms with van der Waals surface area (Å²) < 4.78 is 5.61. The maximum atomic E-state index is 13.5. The minimum absolute atomic E-state index is 0.0915. The predicted molar refractivity (Wildman–Crippen MR) is 97.7 cm³/mol. The number of pyridine rings is 1. The molecule has 5 heteroatoms. The molecule has 1 amide bonds. The Balaban J connectivity index is 1.84. The Hall–Kier alpha value is -1.98. The molecule has 1 saturated heterocycles. The van der Waals surface area contributed by atoms with Crippen LogP contribution in [0.3, 0.4) is 0 Å². The highest BCUT2D eigenvalue weighted by Crippen LogP contribution is 2.29. The molecule has 1 aromatic carbocycles. The zero-order valence-electron chi connectivity index (χ0n) is 15.0. The fourth-order valence-corrected chi connectivity index (χ4v) is 3.92. The number of hydrogen-bond donors (Lipinski definition) is 0. The van der Waals surface area contributed by atoms with E-state index in [-0.39, 0.29) is 12.0 Å². The third-order valence-electron chi connectivity index (χ3n) is 5.31. The molecule has 0 unspecified atom stereocenters. The second-order valence-electron chi connectivity index (χ2n) is 6.98. The smallest absolute Gasteiger partial charge is 0.255 e. The van der Waals surface area contributed by atoms with Crippen molar-refractivity contribution in [2.24, 2.45) is 0 Å². The number of carbonyl (C=O) groups excluding carboxylic acids is 1. The van der Waals surface area contributed by atoms with Crippen molar-refractivity contribution in [2.75, 3.05) is 32.8 Å². The summed E-state index contributed by atoms with van der Waals surface area (Å²) in [5, 5.41) is 0.975. The maximum Gasteiger partial charge on any atom is 0.255 e. The largest absolute Gasteiger partial charge is 0.375 e. The lowest BCUT2D eigenvalue weighted by Gasteiger charge is -2.34. The van der Waals surface area contributed by atoms with Crippen LogP contribution in [0.1, 0.15) is 35.5 Å². The van der Waals surface area contributed by atoms with Crippen LogP contribution in [0.15, 0.2) is 24.3 Å². The van der Waals surface area contributed by atoms with Crippen molar-refractivity contribution in [1.82, 2.24) is 14.8 Å². The van der Waals surface area contributed by atoms with Crippen LogP contribution in [-0.2, 0) is 17.7 Å². The number of morpholine rings is 1. The normalized spacial score (nSPS) is 21.4. The van der Waals surface area contributed by atoms with Gasteiger partial charge in [-0.3, -0.25) is 14.7 Å². The van der Waals surface area contributed by atoms with Gasteiger partial charge >= 0.3 is 0 Å². The summed E-state index contributed by atoms with van der Waals surface area (Å²) in [7, 11) is 0. The lowest BCUT2D eigenvalue weighted by molar-refractivity contribution is -0.0124. The van der Waals surface area contributed by atoms with Gasteiger partial charge in [0.1, 0.15) is 0 Å². The first-order valence-corrected chi connectivity index (χ1v) is 9.21. The summed E-state index contributed by atoms with van der Waals surface area (Å²) in [4.78, 5) is 22.6. The fourth-order valence-electron chi connectivity index (χ4n) is 3.92. The second kappa shape index (κ2) is 6.73. The van der Waals surface area contributed by atoms with Gasteiger partial charge in [-0.05, 0) is 19.5 Å². The highest BCUT2D eigenvalue weighted by molar-refractivity contribution is 6.07. The minimum Gasteiger partial charge on any atom is -0.375 e. The van der Waals surface area contributed by atoms with E-state index in [0.717, 1.165) is 53.8 Å². The first kappa shape index (κ1) is 16.5. The zero-order chi connectivity index (χ0) is 17.4. The fraction of sp³-hybridized carbons (Fsp3) is 0.500. The van der Waals surface area contributed by atoms with E-state index in [2.05, 4.69) is 11.8 Å². The van der Waals surface area contributed by atoms with E-state index in [4.69, 9.17) is 9.72 Å². The number of likely N-dealkylation sites (N-methyl/N-ethyl adjacent to an activating group) is 1. The molecule has 1 aromatic heterocycles. The SMILES string of the molecule is CCN1CCc2nc3ccccc3c(C(=O)N3CCO[C@@H](C)C3)c2C1. The van der Waals surface area contributed by atoms with E-state index in [0.29, 0.717) is 19.7 Å². The van der Waals surface area contributed by atoms with Gasteiger partial charge < -0.3 is 9.64 Å². The van der Waals surface area contributed by atoms with Gasteiger partial charge in [0.25, 0.3) is 5.91 Å². The Labute approximate surface area is 148 Å². The van der Waals surface area contributed by atoms with Crippen LogP contribution < -0.4 is 0 Å². The molecule has 0 aliphatic carbocycles. The summed E-state index contributed by atoms with van der Waals surface area (Å²) in [6, 6.07) is 8.04. The van der Waals surface area contributed by atoms with E-state index >= 15 is 0 Å². The molecule has 2 aromatic rings. The molecular formula is C20H25N3O2. The Morgan fingerprint density at radius 3 is 2.96 bits per heavy atom. The summed E-state index contributed by atoms with van der Waals surface area (Å²) in [6.45, 7) is 8.94. The summed E-state index contributed by atoms with van der Waals surface area (Å²) in [5.74, 6) is 0.128. The number of amides is 1. The average Bonchev–Trinajstić information content (AvgIpc) is 2.65. The van der Waals surface area contributed by atoms with Crippen molar-refractivity contribution >= 4 is 16.8 Å². The van der Waals surface area contributed by atoms with Gasteiger partial charge in [0.15, 0.2) is 0 Å². The van der Waals surface area contributed by atoms with Crippen LogP contribution in [0, 0.1) is 0 Å². The van der Waals surface area contributed by atoms with Crippen molar-refractivity contribution < 1.29 is 9.53 Å². The van der Waals surface area contributed by atoms with E-state index in [1.54, 1.807) is 0 Å². The average molecular weight is 339 g/mol. The van der Waals surface area contributed by atoms with Gasteiger partial charge in [0.2, 0.25) is 0 Å². The minimum atomic E-state index is 0.0915. The molecule has 2 aliphatic heterocycles. The molecule has 3 heterocycles. The molecule has 2 aliphatic rings. The number of hydrogen-bond acceptors (Lipinski definition) is 4. The third kappa shape index (κ3) is 3.02. The molecule has 4 rings (SSSR count). The van der Waals surface area contributed by atoms with E-state index < -0.39 is 0 Å². The quantitative estimate of drug-likeness (QED) is 0.843. The molecular weight excluding hydrogens is 314 g/mol. The lowest BCUT2D eigenvalue weighted by atomic mass is 9.94. The first-order valence-electron chi connectivity index (χ1n) is 9.21. The number of nitrogens with zero attached hydrogens (tertiary/aromatic N) is 3. The number of carbonyl (C=O) groups is 1. The van der Waals surface area contributed by atoms with Gasteiger partial charge in [-0.15, -0.1) is 0 Å². The number of benzene rings is 1. The number of fused-ring (bicyclic) bond motifs is 2. The standard InChI is InChI=1S/C20H25N3O2/c1-3-22-9-8-18-16(13-22)19(15-6-4-5-7-17(15)21-18)20(24)23-10-11-25-14(2)12-23/h4-7,14H,3,8-13H2,1-2H3/t14-/m0/s1. The number of aromatic nitrogens is 1. The van der Waals surface area contributed by atoms with Gasteiger partial charge in [-0.1, -0.05) is 25.1 Å². The van der Waals surface area contributed by atoms with Crippen molar-refractivity contribution in [1.29, 1.82) is 0 Å². The maximum absolute atomic E-state index is 13.5. The molecule has 0 spiro atoms. The first-order chi connectivity index (χ1) is 12.2. The summed E-state index contributed by atoms with van der Waals surface area (Å²) >= 11 is 0. The number of rotatable bonds is 2. The molecule has 25 heavy (non-hydrogen) atoms. The van der Waals surface area contributed by atoms with Crippen molar-refractivity contribution in [3.63, 3.8) is 0 Å². The highest BCUT2D eigenvalue weighted by atomic mass is 16.5. The lowest BCUT2D eigenvalue weighted by Crippen LogP contribution is -2.45. The van der Waals surface area contributed by atoms with Crippen LogP contribution in [0.25, 0.3) is 10.9 Å². The van der Waals surface area contributed by atoms with Gasteiger partial charge in [-0.25, -0.2) is 0 Å². The molecule has 0 N–H and O–H groups in total. The third-order valence-corrected chi connectivity index (χ3v) is 5.31. The van der Waals surface area contributed by atoms with Crippen molar-refractivity contribution in [3.8, 4) is 0 Å². The van der Waals surface area contributed by atoms with E-state index in [9.17, 15) is 4.79 Å². The highest BCUT2D eigenvalue weighted by Gasteiger charge is 2.29. The van der Waals surface area contributed by atoms with Crippen LogP contribution in [0.4, 0.5) is 0 Å². The van der Waals surface area contributed by atoms with Crippen LogP contribution in [0.5, 0.6) is 0 Å². The predicted octanol–water partition coefficient (Wildman–Crippen LogP) is 2.47. The monoisotopic (exact) mass is 339 g/mol. The number of ether oxygens (including phenoxy) is 1.